The number of H-pyrrole nitrogens is 2. The molecule has 0 amide bonds. The number of nitrogens with one attached hydrogen (secondary N) is 2. The highest BCUT2D eigenvalue weighted by molar-refractivity contribution is 5.85. The zero-order valence-electron chi connectivity index (χ0n) is 33.1. The fraction of sp³-hybridized carbons (Fsp3) is 0.548. The molecular weight excluding hydrogens is 704 g/mol. The summed E-state index contributed by atoms with van der Waals surface area (Å²) in [5.74, 6) is -0.215. The minimum atomic E-state index is -1.50. The molecule has 8 bridgehead atoms. The van der Waals surface area contributed by atoms with E-state index in [9.17, 15) is 25.2 Å². The highest BCUT2D eigenvalue weighted by Gasteiger charge is 2.44. The molecule has 0 radical (unpaired) electrons. The van der Waals surface area contributed by atoms with E-state index in [0.29, 0.717) is 25.9 Å². The number of ether oxygens (including phenoxy) is 4. The second-order valence-corrected chi connectivity index (χ2v) is 15.0. The van der Waals surface area contributed by atoms with Gasteiger partial charge in [0.2, 0.25) is 0 Å². The molecule has 6 N–H and O–H groups in total. The third-order valence-corrected chi connectivity index (χ3v) is 11.6. The van der Waals surface area contributed by atoms with E-state index < -0.39 is 37.3 Å². The summed E-state index contributed by atoms with van der Waals surface area (Å²) in [5.41, 5.74) is 13.9. The molecule has 0 spiro atoms. The summed E-state index contributed by atoms with van der Waals surface area (Å²) < 4.78 is 22.6. The summed E-state index contributed by atoms with van der Waals surface area (Å²) in [6.07, 6.45) is -2.63. The van der Waals surface area contributed by atoms with E-state index in [1.165, 1.54) is 12.7 Å². The standard InChI is InChI=1S/C42H56N4O9/c1-9-26-21(3)30-18-34-37(25(7)53-13-10-14-54-42-41(51)40(50)39(49)35(19-47)55-42)23(5)32(45-34)17-31-22(4)27(11-12-36(48)52-8)38(46-31)24(6)29-15-20(2)28(43-29)16-33(26)44-30/h15-18,22,25,27,35,39-42,44-45,47,49-51H,9-14,19H2,1-8H3/t22-,25?,27-,35+,39+,40-,41+,42+/m0/s1. The van der Waals surface area contributed by atoms with E-state index in [4.69, 9.17) is 28.9 Å². The summed E-state index contributed by atoms with van der Waals surface area (Å²) >= 11 is 0. The Bertz CT molecular complexity index is 2090. The predicted molar refractivity (Wildman–Crippen MR) is 209 cm³/mol. The van der Waals surface area contributed by atoms with Crippen molar-refractivity contribution in [2.75, 3.05) is 26.9 Å². The zero-order valence-corrected chi connectivity index (χ0v) is 33.1. The van der Waals surface area contributed by atoms with Crippen LogP contribution in [0.4, 0.5) is 0 Å². The van der Waals surface area contributed by atoms with E-state index in [1.54, 1.807) is 0 Å². The van der Waals surface area contributed by atoms with Gasteiger partial charge < -0.3 is 49.3 Å². The first-order chi connectivity index (χ1) is 26.3. The molecule has 13 nitrogen and oxygen atoms in total. The maximum atomic E-state index is 12.3. The van der Waals surface area contributed by atoms with Crippen LogP contribution >= 0.6 is 0 Å². The van der Waals surface area contributed by atoms with E-state index in [-0.39, 0.29) is 30.5 Å². The number of aryl methyl sites for hydroxylation is 3. The lowest BCUT2D eigenvalue weighted by Crippen LogP contribution is -2.59. The topological polar surface area (TPSA) is 192 Å². The monoisotopic (exact) mass is 760 g/mol. The number of fused-ring (bicyclic) bond motifs is 8. The average Bonchev–Trinajstić information content (AvgIpc) is 3.87. The summed E-state index contributed by atoms with van der Waals surface area (Å²) in [5, 5.41) is 40.0. The largest absolute Gasteiger partial charge is 0.469 e. The average molecular weight is 761 g/mol. The van der Waals surface area contributed by atoms with Crippen LogP contribution in [0.1, 0.15) is 115 Å². The fourth-order valence-corrected chi connectivity index (χ4v) is 8.13. The van der Waals surface area contributed by atoms with Crippen LogP contribution in [0, 0.1) is 20.8 Å². The molecule has 1 fully saturated rings. The number of esters is 1. The van der Waals surface area contributed by atoms with Crippen molar-refractivity contribution in [3.63, 3.8) is 0 Å². The number of hydrogen-bond acceptors (Lipinski definition) is 11. The number of rotatable bonds is 12. The van der Waals surface area contributed by atoms with E-state index >= 15 is 0 Å². The van der Waals surface area contributed by atoms with Crippen LogP contribution in [0.15, 0.2) is 18.2 Å². The van der Waals surface area contributed by atoms with Crippen LogP contribution in [0.3, 0.4) is 0 Å². The number of carbonyl (C=O) groups excluding carboxylic acids is 1. The van der Waals surface area contributed by atoms with Gasteiger partial charge in [-0.3, -0.25) is 9.78 Å². The quantitative estimate of drug-likeness (QED) is 0.101. The van der Waals surface area contributed by atoms with E-state index in [2.05, 4.69) is 75.8 Å². The Hall–Kier alpha value is -3.95. The lowest BCUT2D eigenvalue weighted by Gasteiger charge is -2.39. The van der Waals surface area contributed by atoms with Crippen LogP contribution in [0.25, 0.3) is 33.7 Å². The third-order valence-electron chi connectivity index (χ3n) is 11.6. The molecule has 8 atom stereocenters. The number of aromatic nitrogens is 4. The SMILES string of the molecule is CCc1c(C)c2cc3[nH]c(cc4nc(c(C)c5nc(cc1[nH]2)C(C)=C5)[C@@H](CCC(=O)OC)[C@@H]4C)c(C)c3C(C)OCCCO[C@@H]1O[C@H](CO)[C@@H](O)[C@H](O)[C@H]1O. The molecule has 0 aromatic carbocycles. The Morgan fingerprint density at radius 2 is 1.65 bits per heavy atom. The van der Waals surface area contributed by atoms with Gasteiger partial charge in [0.25, 0.3) is 0 Å². The number of aromatic amines is 2. The third kappa shape index (κ3) is 8.15. The maximum absolute atomic E-state index is 12.3. The second-order valence-electron chi connectivity index (χ2n) is 15.0. The summed E-state index contributed by atoms with van der Waals surface area (Å²) in [6.45, 7) is 14.7. The Morgan fingerprint density at radius 3 is 2.36 bits per heavy atom. The van der Waals surface area contributed by atoms with Crippen molar-refractivity contribution in [1.29, 1.82) is 0 Å². The molecule has 3 aliphatic rings. The van der Waals surface area contributed by atoms with Crippen molar-refractivity contribution in [3.8, 4) is 0 Å². The molecule has 3 aliphatic heterocycles. The lowest BCUT2D eigenvalue weighted by atomic mass is 9.86. The van der Waals surface area contributed by atoms with Crippen LogP contribution in [0.2, 0.25) is 0 Å². The van der Waals surface area contributed by atoms with Gasteiger partial charge >= 0.3 is 5.97 Å². The van der Waals surface area contributed by atoms with Gasteiger partial charge in [-0.05, 0) is 106 Å². The number of aliphatic hydroxyl groups is 4. The first-order valence-electron chi connectivity index (χ1n) is 19.3. The van der Waals surface area contributed by atoms with Crippen LogP contribution in [-0.4, -0.2) is 104 Å². The minimum Gasteiger partial charge on any atom is -0.469 e. The molecule has 1 unspecified atom stereocenters. The number of carbonyl (C=O) groups is 1. The Kier molecular flexibility index (Phi) is 12.6. The normalized spacial score (nSPS) is 24.5. The fourth-order valence-electron chi connectivity index (χ4n) is 8.13. The Morgan fingerprint density at radius 1 is 0.927 bits per heavy atom. The summed E-state index contributed by atoms with van der Waals surface area (Å²) in [6, 6.07) is 6.39. The predicted octanol–water partition coefficient (Wildman–Crippen LogP) is 5.49. The number of methoxy groups -OCH3 is 1. The van der Waals surface area contributed by atoms with Crippen molar-refractivity contribution in [1.82, 2.24) is 19.9 Å². The maximum Gasteiger partial charge on any atom is 0.305 e. The van der Waals surface area contributed by atoms with Gasteiger partial charge in [-0.25, -0.2) is 4.98 Å². The summed E-state index contributed by atoms with van der Waals surface area (Å²) in [4.78, 5) is 30.0. The van der Waals surface area contributed by atoms with Gasteiger partial charge in [0.05, 0.1) is 37.8 Å². The number of aliphatic hydroxyl groups excluding tert-OH is 4. The highest BCUT2D eigenvalue weighted by Crippen LogP contribution is 2.42. The minimum absolute atomic E-state index is 0.00131. The van der Waals surface area contributed by atoms with Crippen molar-refractivity contribution < 1.29 is 44.2 Å². The lowest BCUT2D eigenvalue weighted by molar-refractivity contribution is -0.301. The molecule has 3 aromatic heterocycles. The molecule has 55 heavy (non-hydrogen) atoms. The van der Waals surface area contributed by atoms with E-state index in [0.717, 1.165) is 79.1 Å². The Balaban J connectivity index is 1.39. The smallest absolute Gasteiger partial charge is 0.305 e. The van der Waals surface area contributed by atoms with Gasteiger partial charge in [-0.15, -0.1) is 0 Å². The van der Waals surface area contributed by atoms with Gasteiger partial charge in [0.1, 0.15) is 24.4 Å². The molecule has 13 heteroatoms. The van der Waals surface area contributed by atoms with Gasteiger partial charge in [0, 0.05) is 63.9 Å². The van der Waals surface area contributed by atoms with Gasteiger partial charge in [0.15, 0.2) is 6.29 Å². The van der Waals surface area contributed by atoms with Crippen molar-refractivity contribution in [2.45, 2.75) is 123 Å². The molecule has 1 saturated heterocycles. The first-order valence-corrected chi connectivity index (χ1v) is 19.3. The van der Waals surface area contributed by atoms with Gasteiger partial charge in [-0.2, -0.15) is 0 Å². The second kappa shape index (κ2) is 17.0. The first kappa shape index (κ1) is 40.7. The number of nitrogens with zero attached hydrogens (tertiary/aromatic N) is 2. The highest BCUT2D eigenvalue weighted by atomic mass is 16.7. The molecule has 298 valence electrons. The number of hydrogen-bond donors (Lipinski definition) is 6. The van der Waals surface area contributed by atoms with Crippen molar-refractivity contribution in [2.24, 2.45) is 0 Å². The molecule has 6 rings (SSSR count). The van der Waals surface area contributed by atoms with Crippen LogP contribution in [0.5, 0.6) is 0 Å². The molecule has 3 aromatic rings. The van der Waals surface area contributed by atoms with Crippen LogP contribution in [-0.2, 0) is 30.2 Å². The van der Waals surface area contributed by atoms with Gasteiger partial charge in [-0.1, -0.05) is 13.8 Å². The van der Waals surface area contributed by atoms with Crippen molar-refractivity contribution in [3.05, 3.63) is 68.8 Å². The molecular formula is C42H56N4O9. The molecule has 0 aliphatic carbocycles. The van der Waals surface area contributed by atoms with Crippen molar-refractivity contribution >= 4 is 39.7 Å². The number of allylic oxidation sites excluding steroid dienone is 1. The zero-order chi connectivity index (χ0) is 39.7. The molecule has 6 heterocycles. The van der Waals surface area contributed by atoms with Crippen LogP contribution < -0.4 is 0 Å². The summed E-state index contributed by atoms with van der Waals surface area (Å²) in [7, 11) is 1.42. The molecule has 0 saturated carbocycles. The Labute approximate surface area is 321 Å². The van der Waals surface area contributed by atoms with E-state index in [1.807, 2.05) is 6.92 Å².